The molecule has 0 saturated heterocycles. The van der Waals surface area contributed by atoms with Gasteiger partial charge in [-0.05, 0) is 117 Å². The fraction of sp³-hybridized carbons (Fsp3) is 0.347. The van der Waals surface area contributed by atoms with E-state index < -0.39 is 0 Å². The first-order chi connectivity index (χ1) is 24.7. The van der Waals surface area contributed by atoms with E-state index in [-0.39, 0.29) is 5.41 Å². The van der Waals surface area contributed by atoms with Gasteiger partial charge in [-0.3, -0.25) is 0 Å². The van der Waals surface area contributed by atoms with Crippen LogP contribution in [-0.2, 0) is 11.8 Å². The maximum Gasteiger partial charge on any atom is 0.137 e. The van der Waals surface area contributed by atoms with E-state index in [0.29, 0.717) is 12.5 Å². The van der Waals surface area contributed by atoms with E-state index in [9.17, 15) is 0 Å². The van der Waals surface area contributed by atoms with Gasteiger partial charge in [0.2, 0.25) is 0 Å². The van der Waals surface area contributed by atoms with Gasteiger partial charge in [-0.25, -0.2) is 0 Å². The maximum absolute atomic E-state index is 6.07. The summed E-state index contributed by atoms with van der Waals surface area (Å²) in [5, 5.41) is 5.07. The lowest BCUT2D eigenvalue weighted by molar-refractivity contribution is -0.573. The summed E-state index contributed by atoms with van der Waals surface area (Å²) in [7, 11) is 0. The third kappa shape index (κ3) is 12.1. The van der Waals surface area contributed by atoms with Crippen molar-refractivity contribution in [3.05, 3.63) is 168 Å². The zero-order valence-corrected chi connectivity index (χ0v) is 32.1. The summed E-state index contributed by atoms with van der Waals surface area (Å²) < 4.78 is 6.07. The van der Waals surface area contributed by atoms with E-state index in [4.69, 9.17) is 4.74 Å². The maximum atomic E-state index is 6.07. The highest BCUT2D eigenvalue weighted by atomic mass is 16.5. The highest BCUT2D eigenvalue weighted by molar-refractivity contribution is 5.90. The lowest BCUT2D eigenvalue weighted by atomic mass is 9.71. The summed E-state index contributed by atoms with van der Waals surface area (Å²) in [5.74, 6) is 1.58. The molecule has 0 aromatic heterocycles. The fourth-order valence-corrected chi connectivity index (χ4v) is 7.15. The molecule has 0 fully saturated rings. The van der Waals surface area contributed by atoms with Crippen molar-refractivity contribution in [1.29, 1.82) is 0 Å². The third-order valence-corrected chi connectivity index (χ3v) is 10.3. The van der Waals surface area contributed by atoms with Gasteiger partial charge in [-0.15, -0.1) is 0 Å². The zero-order chi connectivity index (χ0) is 36.5. The second-order valence-corrected chi connectivity index (χ2v) is 14.6. The number of rotatable bonds is 17. The van der Waals surface area contributed by atoms with Crippen molar-refractivity contribution < 1.29 is 10.1 Å². The molecule has 51 heavy (non-hydrogen) atoms. The minimum atomic E-state index is -0.0639. The molecule has 5 rings (SSSR count). The number of allylic oxidation sites excluding steroid dienone is 8. The average molecular weight is 681 g/mol. The number of ether oxygens (including phenoxy) is 1. The zero-order valence-electron chi connectivity index (χ0n) is 32.1. The molecule has 268 valence electrons. The number of hydrogen-bond donors (Lipinski definition) is 1. The van der Waals surface area contributed by atoms with Crippen LogP contribution in [0.2, 0.25) is 0 Å². The SMILES string of the molecule is C=C/C=C(/C)C(=C)C.CCCCCC1=CCC(/C=C/CC(C)(Cc2ccccc2C)c2c([NH2+]CCOc3ccccc3)ccc3ccccc23)C1. The van der Waals surface area contributed by atoms with Crippen molar-refractivity contribution in [2.75, 3.05) is 13.2 Å². The molecule has 0 saturated carbocycles. The normalized spacial score (nSPS) is 15.6. The number of quaternary nitrogens is 1. The van der Waals surface area contributed by atoms with Crippen LogP contribution >= 0.6 is 0 Å². The number of fused-ring (bicyclic) bond motifs is 1. The molecule has 4 aromatic rings. The Hall–Kier alpha value is -4.40. The lowest BCUT2D eigenvalue weighted by Gasteiger charge is -2.32. The fourth-order valence-electron chi connectivity index (χ4n) is 7.15. The van der Waals surface area contributed by atoms with Crippen LogP contribution in [0, 0.1) is 12.8 Å². The molecule has 0 amide bonds. The van der Waals surface area contributed by atoms with Crippen molar-refractivity contribution >= 4 is 16.5 Å². The van der Waals surface area contributed by atoms with Gasteiger partial charge >= 0.3 is 0 Å². The van der Waals surface area contributed by atoms with Crippen LogP contribution in [0.4, 0.5) is 5.69 Å². The highest BCUT2D eigenvalue weighted by Crippen LogP contribution is 2.41. The van der Waals surface area contributed by atoms with Crippen LogP contribution in [0.25, 0.3) is 10.8 Å². The van der Waals surface area contributed by atoms with Gasteiger partial charge in [0.05, 0.1) is 0 Å². The highest BCUT2D eigenvalue weighted by Gasteiger charge is 2.33. The molecular weight excluding hydrogens is 619 g/mol. The van der Waals surface area contributed by atoms with Crippen LogP contribution in [0.1, 0.15) is 89.3 Å². The van der Waals surface area contributed by atoms with Gasteiger partial charge in [0.15, 0.2) is 0 Å². The first kappa shape index (κ1) is 39.4. The van der Waals surface area contributed by atoms with Gasteiger partial charge < -0.3 is 10.1 Å². The van der Waals surface area contributed by atoms with Crippen LogP contribution in [0.15, 0.2) is 151 Å². The molecule has 0 aliphatic heterocycles. The van der Waals surface area contributed by atoms with Gasteiger partial charge in [-0.2, -0.15) is 0 Å². The minimum absolute atomic E-state index is 0.0639. The predicted molar refractivity (Wildman–Crippen MR) is 222 cm³/mol. The Morgan fingerprint density at radius 3 is 2.41 bits per heavy atom. The molecule has 0 radical (unpaired) electrons. The number of aryl methyl sites for hydroxylation is 1. The Bertz CT molecular complexity index is 1790. The standard InChI is InChI=1S/C41H49NO.C8H12/c1-4-5-7-16-33-23-24-34(30-33)17-14-27-41(3,31-36-19-11-10-15-32(36)2)40-38-22-13-12-18-35(38)25-26-39(40)42-28-29-43-37-20-8-6-9-21-37;1-5-6-8(4)7(2)3/h6,8-15,17-23,25-26,34,42H,4-5,7,16,24,27-31H2,1-3H3;5-6H,1-2H2,3-4H3/p+1/b17-14+;8-6-. The third-order valence-electron chi connectivity index (χ3n) is 10.3. The van der Waals surface area contributed by atoms with Crippen LogP contribution in [0.5, 0.6) is 5.75 Å². The van der Waals surface area contributed by atoms with Crippen LogP contribution < -0.4 is 10.1 Å². The van der Waals surface area contributed by atoms with Crippen LogP contribution in [-0.4, -0.2) is 13.2 Å². The lowest BCUT2D eigenvalue weighted by Crippen LogP contribution is -2.80. The summed E-state index contributed by atoms with van der Waals surface area (Å²) in [6.45, 7) is 19.9. The Labute approximate surface area is 309 Å². The van der Waals surface area contributed by atoms with Crippen molar-refractivity contribution in [1.82, 2.24) is 0 Å². The molecule has 4 aromatic carbocycles. The molecule has 2 atom stereocenters. The molecular formula is C49H62NO+. The largest absolute Gasteiger partial charge is 0.488 e. The van der Waals surface area contributed by atoms with Gasteiger partial charge in [0.1, 0.15) is 24.6 Å². The molecule has 0 spiro atoms. The van der Waals surface area contributed by atoms with E-state index in [1.807, 2.05) is 50.3 Å². The number of nitrogens with two attached hydrogens (primary N) is 1. The van der Waals surface area contributed by atoms with Gasteiger partial charge in [0.25, 0.3) is 0 Å². The van der Waals surface area contributed by atoms with Crippen molar-refractivity contribution in [2.24, 2.45) is 5.92 Å². The number of hydrogen-bond acceptors (Lipinski definition) is 1. The molecule has 1 aliphatic carbocycles. The molecule has 0 bridgehead atoms. The Morgan fingerprint density at radius 1 is 0.941 bits per heavy atom. The van der Waals surface area contributed by atoms with E-state index >= 15 is 0 Å². The van der Waals surface area contributed by atoms with Crippen molar-refractivity contribution in [3.63, 3.8) is 0 Å². The Morgan fingerprint density at radius 2 is 1.69 bits per heavy atom. The second-order valence-electron chi connectivity index (χ2n) is 14.6. The van der Waals surface area contributed by atoms with Gasteiger partial charge in [0, 0.05) is 11.0 Å². The summed E-state index contributed by atoms with van der Waals surface area (Å²) >= 11 is 0. The number of unbranched alkanes of at least 4 members (excludes halogenated alkanes) is 2. The van der Waals surface area contributed by atoms with Crippen molar-refractivity contribution in [3.8, 4) is 5.75 Å². The molecule has 2 heteroatoms. The van der Waals surface area contributed by atoms with Gasteiger partial charge in [-0.1, -0.05) is 148 Å². The van der Waals surface area contributed by atoms with E-state index in [0.717, 1.165) is 30.7 Å². The Balaban J connectivity index is 0.000000652. The molecule has 1 aliphatic rings. The summed E-state index contributed by atoms with van der Waals surface area (Å²) in [4.78, 5) is 0. The topological polar surface area (TPSA) is 25.8 Å². The molecule has 2 N–H and O–H groups in total. The van der Waals surface area contributed by atoms with E-state index in [2.05, 4.69) is 118 Å². The molecule has 2 nitrogen and oxygen atoms in total. The second kappa shape index (κ2) is 20.4. The Kier molecular flexibility index (Phi) is 15.8. The predicted octanol–water partition coefficient (Wildman–Crippen LogP) is 12.5. The monoisotopic (exact) mass is 680 g/mol. The number of benzene rings is 4. The summed E-state index contributed by atoms with van der Waals surface area (Å²) in [6.07, 6.45) is 21.0. The van der Waals surface area contributed by atoms with Crippen molar-refractivity contribution in [2.45, 2.75) is 91.4 Å². The molecule has 0 heterocycles. The first-order valence-corrected chi connectivity index (χ1v) is 19.1. The quantitative estimate of drug-likeness (QED) is 0.0511. The van der Waals surface area contributed by atoms with E-state index in [1.165, 1.54) is 77.2 Å². The summed E-state index contributed by atoms with van der Waals surface area (Å²) in [6, 6.07) is 32.6. The smallest absolute Gasteiger partial charge is 0.137 e. The minimum Gasteiger partial charge on any atom is -0.488 e. The van der Waals surface area contributed by atoms with E-state index in [1.54, 1.807) is 11.6 Å². The van der Waals surface area contributed by atoms with Crippen LogP contribution in [0.3, 0.4) is 0 Å². The molecule has 2 unspecified atom stereocenters. The average Bonchev–Trinajstić information content (AvgIpc) is 3.59. The number of para-hydroxylation sites is 1. The summed E-state index contributed by atoms with van der Waals surface area (Å²) in [5.41, 5.74) is 9.51. The first-order valence-electron chi connectivity index (χ1n) is 19.1.